The van der Waals surface area contributed by atoms with Gasteiger partial charge in [-0.25, -0.2) is 9.18 Å². The molecule has 1 amide bonds. The fraction of sp³-hybridized carbons (Fsp3) is 0.238. The maximum absolute atomic E-state index is 13.5. The largest absolute Gasteiger partial charge is 0.493 e. The molecule has 0 aliphatic heterocycles. The molecule has 6 nitrogen and oxygen atoms in total. The number of esters is 1. The van der Waals surface area contributed by atoms with Crippen molar-refractivity contribution < 1.29 is 28.2 Å². The minimum absolute atomic E-state index is 0.0246. The predicted octanol–water partition coefficient (Wildman–Crippen LogP) is 3.82. The number of halogens is 1. The van der Waals surface area contributed by atoms with Crippen molar-refractivity contribution in [1.29, 1.82) is 0 Å². The lowest BCUT2D eigenvalue weighted by Gasteiger charge is -2.10. The maximum Gasteiger partial charge on any atom is 0.331 e. The molecule has 7 heteroatoms. The molecule has 2 aromatic carbocycles. The minimum Gasteiger partial charge on any atom is -0.493 e. The van der Waals surface area contributed by atoms with Crippen LogP contribution in [0.15, 0.2) is 48.5 Å². The highest BCUT2D eigenvalue weighted by molar-refractivity contribution is 5.94. The van der Waals surface area contributed by atoms with Gasteiger partial charge in [0.2, 0.25) is 0 Å². The van der Waals surface area contributed by atoms with E-state index in [4.69, 9.17) is 14.2 Å². The molecule has 0 radical (unpaired) electrons. The summed E-state index contributed by atoms with van der Waals surface area (Å²) in [5.74, 6) is -0.732. The smallest absolute Gasteiger partial charge is 0.331 e. The topological polar surface area (TPSA) is 73.9 Å². The van der Waals surface area contributed by atoms with Crippen LogP contribution in [0, 0.1) is 5.82 Å². The van der Waals surface area contributed by atoms with E-state index in [1.165, 1.54) is 37.5 Å². The third-order valence-corrected chi connectivity index (χ3v) is 3.55. The van der Waals surface area contributed by atoms with Crippen molar-refractivity contribution in [1.82, 2.24) is 0 Å². The monoisotopic (exact) mass is 387 g/mol. The number of methoxy groups -OCH3 is 1. The maximum atomic E-state index is 13.5. The van der Waals surface area contributed by atoms with Crippen molar-refractivity contribution in [3.8, 4) is 11.5 Å². The Morgan fingerprint density at radius 2 is 1.93 bits per heavy atom. The third-order valence-electron chi connectivity index (χ3n) is 3.55. The molecule has 28 heavy (non-hydrogen) atoms. The van der Waals surface area contributed by atoms with E-state index in [2.05, 4.69) is 5.32 Å². The van der Waals surface area contributed by atoms with Crippen LogP contribution in [0.3, 0.4) is 0 Å². The van der Waals surface area contributed by atoms with Crippen LogP contribution in [0.25, 0.3) is 6.08 Å². The molecular weight excluding hydrogens is 365 g/mol. The van der Waals surface area contributed by atoms with Gasteiger partial charge in [-0.1, -0.05) is 25.1 Å². The molecule has 0 spiro atoms. The first-order chi connectivity index (χ1) is 13.5. The number of carbonyl (C=O) groups is 2. The van der Waals surface area contributed by atoms with E-state index in [9.17, 15) is 14.0 Å². The highest BCUT2D eigenvalue weighted by atomic mass is 19.1. The Bertz CT molecular complexity index is 850. The van der Waals surface area contributed by atoms with Crippen LogP contribution in [-0.2, 0) is 14.3 Å². The van der Waals surface area contributed by atoms with Crippen LogP contribution in [0.4, 0.5) is 10.1 Å². The Kier molecular flexibility index (Phi) is 8.02. The van der Waals surface area contributed by atoms with Crippen LogP contribution in [0.2, 0.25) is 0 Å². The van der Waals surface area contributed by atoms with E-state index < -0.39 is 24.3 Å². The molecule has 2 aromatic rings. The molecule has 0 heterocycles. The molecule has 0 aromatic heterocycles. The van der Waals surface area contributed by atoms with Crippen LogP contribution in [0.5, 0.6) is 11.5 Å². The molecule has 0 atom stereocenters. The van der Waals surface area contributed by atoms with Crippen molar-refractivity contribution in [2.45, 2.75) is 13.3 Å². The van der Waals surface area contributed by atoms with Gasteiger partial charge in [0.15, 0.2) is 18.1 Å². The van der Waals surface area contributed by atoms with Gasteiger partial charge in [-0.15, -0.1) is 0 Å². The molecule has 0 fully saturated rings. The first-order valence-electron chi connectivity index (χ1n) is 8.73. The second-order valence-corrected chi connectivity index (χ2v) is 5.73. The van der Waals surface area contributed by atoms with Gasteiger partial charge in [-0.3, -0.25) is 4.79 Å². The van der Waals surface area contributed by atoms with E-state index in [0.717, 1.165) is 6.42 Å². The number of nitrogens with one attached hydrogen (secondary N) is 1. The summed E-state index contributed by atoms with van der Waals surface area (Å²) in [7, 11) is 1.53. The third kappa shape index (κ3) is 6.42. The second kappa shape index (κ2) is 10.7. The Morgan fingerprint density at radius 3 is 2.64 bits per heavy atom. The van der Waals surface area contributed by atoms with Crippen molar-refractivity contribution in [3.63, 3.8) is 0 Å². The Balaban J connectivity index is 1.87. The standard InChI is InChI=1S/C21H22FNO5/c1-3-12-27-18-10-8-15(13-19(18)26-2)9-11-21(25)28-14-20(24)23-17-7-5-4-6-16(17)22/h4-11,13H,3,12,14H2,1-2H3,(H,23,24)/b11-9+. The molecule has 0 bridgehead atoms. The number of carbonyl (C=O) groups excluding carboxylic acids is 2. The predicted molar refractivity (Wildman–Crippen MR) is 104 cm³/mol. The molecule has 1 N–H and O–H groups in total. The molecule has 0 saturated heterocycles. The quantitative estimate of drug-likeness (QED) is 0.523. The highest BCUT2D eigenvalue weighted by Crippen LogP contribution is 2.28. The molecule has 0 aliphatic carbocycles. The zero-order valence-electron chi connectivity index (χ0n) is 15.7. The first-order valence-corrected chi connectivity index (χ1v) is 8.73. The van der Waals surface area contributed by atoms with Crippen molar-refractivity contribution >= 4 is 23.6 Å². The van der Waals surface area contributed by atoms with E-state index >= 15 is 0 Å². The van der Waals surface area contributed by atoms with Gasteiger partial charge in [-0.2, -0.15) is 0 Å². The molecular formula is C21H22FNO5. The summed E-state index contributed by atoms with van der Waals surface area (Å²) in [6.45, 7) is 2.06. The summed E-state index contributed by atoms with van der Waals surface area (Å²) >= 11 is 0. The summed E-state index contributed by atoms with van der Waals surface area (Å²) in [5, 5.41) is 2.33. The van der Waals surface area contributed by atoms with E-state index in [1.54, 1.807) is 24.3 Å². The van der Waals surface area contributed by atoms with Gasteiger partial charge in [0, 0.05) is 6.08 Å². The van der Waals surface area contributed by atoms with Crippen LogP contribution in [0.1, 0.15) is 18.9 Å². The van der Waals surface area contributed by atoms with Gasteiger partial charge in [0.25, 0.3) is 5.91 Å². The first kappa shape index (κ1) is 21.0. The van der Waals surface area contributed by atoms with Crippen molar-refractivity contribution in [2.75, 3.05) is 25.6 Å². The van der Waals surface area contributed by atoms with E-state index in [-0.39, 0.29) is 5.69 Å². The summed E-state index contributed by atoms with van der Waals surface area (Å²) < 4.78 is 29.2. The van der Waals surface area contributed by atoms with Crippen LogP contribution in [-0.4, -0.2) is 32.2 Å². The Morgan fingerprint density at radius 1 is 1.14 bits per heavy atom. The van der Waals surface area contributed by atoms with Gasteiger partial charge >= 0.3 is 5.97 Å². The summed E-state index contributed by atoms with van der Waals surface area (Å²) in [4.78, 5) is 23.5. The minimum atomic E-state index is -0.700. The fourth-order valence-corrected chi connectivity index (χ4v) is 2.22. The lowest BCUT2D eigenvalue weighted by Crippen LogP contribution is -2.20. The van der Waals surface area contributed by atoms with Crippen molar-refractivity contribution in [3.05, 3.63) is 59.9 Å². The summed E-state index contributed by atoms with van der Waals surface area (Å²) in [5.41, 5.74) is 0.727. The second-order valence-electron chi connectivity index (χ2n) is 5.73. The average molecular weight is 387 g/mol. The van der Waals surface area contributed by atoms with Gasteiger partial charge in [0.1, 0.15) is 5.82 Å². The lowest BCUT2D eigenvalue weighted by molar-refractivity contribution is -0.142. The summed E-state index contributed by atoms with van der Waals surface area (Å²) in [6.07, 6.45) is 3.60. The van der Waals surface area contributed by atoms with Crippen LogP contribution >= 0.6 is 0 Å². The van der Waals surface area contributed by atoms with E-state index in [0.29, 0.717) is 23.7 Å². The zero-order valence-corrected chi connectivity index (χ0v) is 15.7. The lowest BCUT2D eigenvalue weighted by atomic mass is 10.2. The molecule has 0 saturated carbocycles. The highest BCUT2D eigenvalue weighted by Gasteiger charge is 2.09. The van der Waals surface area contributed by atoms with E-state index in [1.807, 2.05) is 6.92 Å². The number of ether oxygens (including phenoxy) is 3. The fourth-order valence-electron chi connectivity index (χ4n) is 2.22. The normalized spacial score (nSPS) is 10.5. The van der Waals surface area contributed by atoms with Gasteiger partial charge in [-0.05, 0) is 42.3 Å². The number of benzene rings is 2. The number of anilines is 1. The van der Waals surface area contributed by atoms with Crippen LogP contribution < -0.4 is 14.8 Å². The van der Waals surface area contributed by atoms with Gasteiger partial charge in [0.05, 0.1) is 19.4 Å². The molecule has 2 rings (SSSR count). The molecule has 0 aliphatic rings. The number of rotatable bonds is 9. The number of para-hydroxylation sites is 1. The number of hydrogen-bond acceptors (Lipinski definition) is 5. The number of hydrogen-bond donors (Lipinski definition) is 1. The zero-order chi connectivity index (χ0) is 20.4. The average Bonchev–Trinajstić information content (AvgIpc) is 2.71. The SMILES string of the molecule is CCCOc1ccc(/C=C/C(=O)OCC(=O)Nc2ccccc2F)cc1OC. The molecule has 0 unspecified atom stereocenters. The number of amides is 1. The molecule has 148 valence electrons. The van der Waals surface area contributed by atoms with Gasteiger partial charge < -0.3 is 19.5 Å². The van der Waals surface area contributed by atoms with Crippen molar-refractivity contribution in [2.24, 2.45) is 0 Å². The Hall–Kier alpha value is -3.35. The summed E-state index contributed by atoms with van der Waals surface area (Å²) in [6, 6.07) is 11.0. The Labute approximate surface area is 162 Å².